The van der Waals surface area contributed by atoms with E-state index >= 15 is 0 Å². The first-order valence-electron chi connectivity index (χ1n) is 7.30. The minimum atomic E-state index is 0.211. The van der Waals surface area contributed by atoms with Crippen LogP contribution in [0.15, 0.2) is 54.9 Å². The molecule has 0 atom stereocenters. The number of aromatic nitrogens is 2. The van der Waals surface area contributed by atoms with Crippen molar-refractivity contribution in [2.24, 2.45) is 0 Å². The van der Waals surface area contributed by atoms with Gasteiger partial charge in [0.1, 0.15) is 0 Å². The van der Waals surface area contributed by atoms with Crippen LogP contribution in [-0.4, -0.2) is 15.3 Å². The van der Waals surface area contributed by atoms with Crippen LogP contribution in [0.5, 0.6) is 0 Å². The van der Waals surface area contributed by atoms with Crippen LogP contribution < -0.4 is 0 Å². The van der Waals surface area contributed by atoms with E-state index < -0.39 is 0 Å². The molecule has 3 heteroatoms. The molecule has 0 fully saturated rings. The molecule has 0 radical (unpaired) electrons. The number of ketones is 1. The number of carbonyl (C=O) groups excluding carboxylic acids is 1. The second-order valence-corrected chi connectivity index (χ2v) is 5.24. The van der Waals surface area contributed by atoms with Gasteiger partial charge < -0.3 is 4.57 Å². The van der Waals surface area contributed by atoms with Gasteiger partial charge in [0, 0.05) is 29.8 Å². The number of Topliss-reactive ketones (excluding diaryl/α,β-unsaturated/α-hetero) is 1. The Labute approximate surface area is 124 Å². The summed E-state index contributed by atoms with van der Waals surface area (Å²) >= 11 is 0. The molecule has 0 saturated heterocycles. The van der Waals surface area contributed by atoms with Crippen LogP contribution in [0.1, 0.15) is 35.8 Å². The lowest BCUT2D eigenvalue weighted by molar-refractivity contribution is 0.0981. The van der Waals surface area contributed by atoms with E-state index in [0.29, 0.717) is 13.0 Å². The van der Waals surface area contributed by atoms with Crippen molar-refractivity contribution >= 4 is 16.7 Å². The predicted octanol–water partition coefficient (Wildman–Crippen LogP) is 4.07. The van der Waals surface area contributed by atoms with Gasteiger partial charge in [-0.05, 0) is 24.6 Å². The third kappa shape index (κ3) is 3.02. The Morgan fingerprint density at radius 3 is 2.86 bits per heavy atom. The summed E-state index contributed by atoms with van der Waals surface area (Å²) in [7, 11) is 0. The van der Waals surface area contributed by atoms with Crippen LogP contribution in [0.25, 0.3) is 10.9 Å². The lowest BCUT2D eigenvalue weighted by Crippen LogP contribution is -2.00. The van der Waals surface area contributed by atoms with E-state index in [4.69, 9.17) is 0 Å². The number of fused-ring (bicyclic) bond motifs is 1. The average Bonchev–Trinajstić information content (AvgIpc) is 2.96. The van der Waals surface area contributed by atoms with Gasteiger partial charge in [-0.2, -0.15) is 0 Å². The van der Waals surface area contributed by atoms with E-state index in [2.05, 4.69) is 17.1 Å². The molecule has 2 heterocycles. The number of benzene rings is 1. The number of pyridine rings is 1. The predicted molar refractivity (Wildman–Crippen MR) is 84.5 cm³/mol. The summed E-state index contributed by atoms with van der Waals surface area (Å²) in [6.07, 6.45) is 5.35. The van der Waals surface area contributed by atoms with E-state index in [0.717, 1.165) is 28.6 Å². The summed E-state index contributed by atoms with van der Waals surface area (Å²) in [4.78, 5) is 16.5. The highest BCUT2D eigenvalue weighted by Crippen LogP contribution is 2.13. The number of nitrogens with zero attached hydrogens (tertiary/aromatic N) is 2. The Balaban J connectivity index is 1.80. The van der Waals surface area contributed by atoms with E-state index in [1.807, 2.05) is 54.2 Å². The second-order valence-electron chi connectivity index (χ2n) is 5.24. The summed E-state index contributed by atoms with van der Waals surface area (Å²) in [6, 6.07) is 14.1. The highest BCUT2D eigenvalue weighted by Gasteiger charge is 2.07. The molecule has 3 rings (SSSR count). The molecule has 0 amide bonds. The minimum Gasteiger partial charge on any atom is -0.348 e. The fraction of sp³-hybridized carbons (Fsp3) is 0.222. The molecule has 3 aromatic rings. The Bertz CT molecular complexity index is 773. The van der Waals surface area contributed by atoms with Crippen molar-refractivity contribution in [3.63, 3.8) is 0 Å². The van der Waals surface area contributed by atoms with Crippen LogP contribution in [0.4, 0.5) is 0 Å². The molecule has 3 nitrogen and oxygen atoms in total. The van der Waals surface area contributed by atoms with Gasteiger partial charge in [0.05, 0.1) is 17.8 Å². The molecular formula is C18H18N2O. The van der Waals surface area contributed by atoms with Crippen molar-refractivity contribution in [2.75, 3.05) is 0 Å². The van der Waals surface area contributed by atoms with Crippen molar-refractivity contribution in [3.05, 3.63) is 66.1 Å². The maximum atomic E-state index is 11.9. The van der Waals surface area contributed by atoms with E-state index in [1.165, 1.54) is 0 Å². The topological polar surface area (TPSA) is 34.9 Å². The zero-order valence-corrected chi connectivity index (χ0v) is 12.1. The van der Waals surface area contributed by atoms with Crippen molar-refractivity contribution in [1.29, 1.82) is 0 Å². The van der Waals surface area contributed by atoms with Crippen LogP contribution in [-0.2, 0) is 6.54 Å². The van der Waals surface area contributed by atoms with Crippen molar-refractivity contribution in [3.8, 4) is 0 Å². The van der Waals surface area contributed by atoms with Gasteiger partial charge in [-0.25, -0.2) is 0 Å². The number of hydrogen-bond acceptors (Lipinski definition) is 2. The first kappa shape index (κ1) is 13.6. The van der Waals surface area contributed by atoms with Gasteiger partial charge in [-0.15, -0.1) is 0 Å². The van der Waals surface area contributed by atoms with Gasteiger partial charge in [0.2, 0.25) is 0 Å². The average molecular weight is 278 g/mol. The van der Waals surface area contributed by atoms with Gasteiger partial charge in [0.15, 0.2) is 5.78 Å². The van der Waals surface area contributed by atoms with E-state index in [1.54, 1.807) is 0 Å². The lowest BCUT2D eigenvalue weighted by atomic mass is 10.1. The summed E-state index contributed by atoms with van der Waals surface area (Å²) in [5.74, 6) is 0.211. The van der Waals surface area contributed by atoms with Gasteiger partial charge in [-0.1, -0.05) is 31.2 Å². The number of hydrogen-bond donors (Lipinski definition) is 0. The van der Waals surface area contributed by atoms with Crippen LogP contribution in [0.3, 0.4) is 0 Å². The van der Waals surface area contributed by atoms with Crippen molar-refractivity contribution in [2.45, 2.75) is 26.3 Å². The summed E-state index contributed by atoms with van der Waals surface area (Å²) < 4.78 is 2.01. The molecule has 0 bridgehead atoms. The standard InChI is InChI=1S/C18H18N2O/c1-2-5-18(21)15-10-11-20(12-15)13-16-9-8-14-6-3-4-7-17(14)19-16/h3-4,6-12H,2,5,13H2,1H3. The smallest absolute Gasteiger partial charge is 0.164 e. The highest BCUT2D eigenvalue weighted by molar-refractivity contribution is 5.95. The molecule has 0 aliphatic heterocycles. The molecule has 1 aromatic carbocycles. The van der Waals surface area contributed by atoms with Crippen molar-refractivity contribution < 1.29 is 4.79 Å². The first-order chi connectivity index (χ1) is 10.3. The normalized spacial score (nSPS) is 10.9. The van der Waals surface area contributed by atoms with Gasteiger partial charge in [-0.3, -0.25) is 9.78 Å². The molecule has 0 aliphatic carbocycles. The lowest BCUT2D eigenvalue weighted by Gasteiger charge is -2.04. The maximum Gasteiger partial charge on any atom is 0.164 e. The first-order valence-corrected chi connectivity index (χ1v) is 7.30. The SMILES string of the molecule is CCCC(=O)c1ccn(Cc2ccc3ccccc3n2)c1. The molecule has 2 aromatic heterocycles. The Kier molecular flexibility index (Phi) is 3.82. The zero-order chi connectivity index (χ0) is 14.7. The Morgan fingerprint density at radius 1 is 1.14 bits per heavy atom. The van der Waals surface area contributed by atoms with Gasteiger partial charge >= 0.3 is 0 Å². The largest absolute Gasteiger partial charge is 0.348 e. The third-order valence-corrected chi connectivity index (χ3v) is 3.55. The quantitative estimate of drug-likeness (QED) is 0.659. The molecule has 0 aliphatic rings. The Morgan fingerprint density at radius 2 is 2.00 bits per heavy atom. The second kappa shape index (κ2) is 5.92. The summed E-state index contributed by atoms with van der Waals surface area (Å²) in [6.45, 7) is 2.71. The number of carbonyl (C=O) groups is 1. The minimum absolute atomic E-state index is 0.211. The number of rotatable bonds is 5. The van der Waals surface area contributed by atoms with E-state index in [9.17, 15) is 4.79 Å². The summed E-state index contributed by atoms with van der Waals surface area (Å²) in [5, 5.41) is 1.15. The fourth-order valence-electron chi connectivity index (χ4n) is 2.46. The number of para-hydroxylation sites is 1. The van der Waals surface area contributed by atoms with Crippen molar-refractivity contribution in [1.82, 2.24) is 9.55 Å². The van der Waals surface area contributed by atoms with Gasteiger partial charge in [0.25, 0.3) is 0 Å². The molecule has 0 unspecified atom stereocenters. The maximum absolute atomic E-state index is 11.9. The third-order valence-electron chi connectivity index (χ3n) is 3.55. The molecule has 0 spiro atoms. The van der Waals surface area contributed by atoms with Crippen LogP contribution in [0.2, 0.25) is 0 Å². The van der Waals surface area contributed by atoms with Crippen LogP contribution in [0, 0.1) is 0 Å². The zero-order valence-electron chi connectivity index (χ0n) is 12.1. The van der Waals surface area contributed by atoms with E-state index in [-0.39, 0.29) is 5.78 Å². The highest BCUT2D eigenvalue weighted by atomic mass is 16.1. The van der Waals surface area contributed by atoms with Crippen LogP contribution >= 0.6 is 0 Å². The Hall–Kier alpha value is -2.42. The molecular weight excluding hydrogens is 260 g/mol. The molecule has 106 valence electrons. The summed E-state index contributed by atoms with van der Waals surface area (Å²) in [5.41, 5.74) is 2.79. The monoisotopic (exact) mass is 278 g/mol. The molecule has 0 saturated carbocycles. The molecule has 0 N–H and O–H groups in total. The fourth-order valence-corrected chi connectivity index (χ4v) is 2.46. The molecule has 21 heavy (non-hydrogen) atoms.